The monoisotopic (exact) mass is 397 g/mol. The van der Waals surface area contributed by atoms with Gasteiger partial charge in [0.15, 0.2) is 5.78 Å². The third kappa shape index (κ3) is 3.36. The Morgan fingerprint density at radius 3 is 2.71 bits per heavy atom. The number of pyridine rings is 1. The normalized spacial score (nSPS) is 16.3. The molecule has 2 N–H and O–H groups in total. The van der Waals surface area contributed by atoms with Crippen molar-refractivity contribution in [2.24, 2.45) is 5.41 Å². The molecule has 1 aromatic carbocycles. The maximum Gasteiger partial charge on any atom is 0.241 e. The van der Waals surface area contributed by atoms with Crippen LogP contribution >= 0.6 is 0 Å². The number of benzene rings is 1. The molecule has 0 amide bonds. The number of Topliss-reactive ketones (excluding diaryl/α,β-unsaturated/α-hetero) is 1. The van der Waals surface area contributed by atoms with E-state index in [4.69, 9.17) is 0 Å². The van der Waals surface area contributed by atoms with Gasteiger partial charge in [0.1, 0.15) is 0 Å². The summed E-state index contributed by atoms with van der Waals surface area (Å²) in [6, 6.07) is 8.80. The van der Waals surface area contributed by atoms with E-state index in [1.54, 1.807) is 37.4 Å². The summed E-state index contributed by atoms with van der Waals surface area (Å²) in [5.41, 5.74) is 3.45. The second kappa shape index (κ2) is 6.53. The third-order valence-electron chi connectivity index (χ3n) is 5.20. The molecule has 146 valence electrons. The van der Waals surface area contributed by atoms with Gasteiger partial charge in [0.05, 0.1) is 17.1 Å². The number of nitrogens with zero attached hydrogens (tertiary/aromatic N) is 1. The SMILES string of the molecule is Cc1cc2c3c([nH]c2cc1S(=O)(=O)NCc1ccccn1)CC(C)(C)CC3=O. The van der Waals surface area contributed by atoms with Gasteiger partial charge >= 0.3 is 0 Å². The quantitative estimate of drug-likeness (QED) is 0.705. The van der Waals surface area contributed by atoms with Crippen LogP contribution in [0.1, 0.15) is 47.6 Å². The lowest BCUT2D eigenvalue weighted by Gasteiger charge is -2.28. The lowest BCUT2D eigenvalue weighted by molar-refractivity contribution is 0.0913. The molecule has 0 spiro atoms. The van der Waals surface area contributed by atoms with Gasteiger partial charge < -0.3 is 4.98 Å². The minimum absolute atomic E-state index is 0.0981. The van der Waals surface area contributed by atoms with Gasteiger partial charge in [-0.15, -0.1) is 0 Å². The highest BCUT2D eigenvalue weighted by Crippen LogP contribution is 2.38. The highest BCUT2D eigenvalue weighted by Gasteiger charge is 2.34. The van der Waals surface area contributed by atoms with Crippen LogP contribution in [-0.2, 0) is 23.0 Å². The van der Waals surface area contributed by atoms with Crippen LogP contribution in [0.4, 0.5) is 0 Å². The van der Waals surface area contributed by atoms with E-state index in [0.29, 0.717) is 28.8 Å². The van der Waals surface area contributed by atoms with E-state index in [2.05, 4.69) is 28.5 Å². The molecule has 0 fully saturated rings. The number of H-pyrrole nitrogens is 1. The summed E-state index contributed by atoms with van der Waals surface area (Å²) >= 11 is 0. The Bertz CT molecular complexity index is 1180. The van der Waals surface area contributed by atoms with Crippen LogP contribution in [0.5, 0.6) is 0 Å². The molecule has 28 heavy (non-hydrogen) atoms. The van der Waals surface area contributed by atoms with E-state index in [-0.39, 0.29) is 22.6 Å². The molecule has 0 bridgehead atoms. The number of hydrogen-bond acceptors (Lipinski definition) is 4. The number of hydrogen-bond donors (Lipinski definition) is 2. The van der Waals surface area contributed by atoms with Crippen LogP contribution in [0.15, 0.2) is 41.4 Å². The van der Waals surface area contributed by atoms with E-state index in [9.17, 15) is 13.2 Å². The number of fused-ring (bicyclic) bond motifs is 3. The van der Waals surface area contributed by atoms with Crippen molar-refractivity contribution in [1.29, 1.82) is 0 Å². The predicted molar refractivity (Wildman–Crippen MR) is 108 cm³/mol. The first-order chi connectivity index (χ1) is 13.2. The molecule has 0 unspecified atom stereocenters. The highest BCUT2D eigenvalue weighted by atomic mass is 32.2. The fourth-order valence-electron chi connectivity index (χ4n) is 3.94. The van der Waals surface area contributed by atoms with Crippen LogP contribution < -0.4 is 4.72 Å². The topological polar surface area (TPSA) is 91.9 Å². The summed E-state index contributed by atoms with van der Waals surface area (Å²) in [6.45, 7) is 6.02. The van der Waals surface area contributed by atoms with Crippen molar-refractivity contribution in [2.45, 2.75) is 45.1 Å². The van der Waals surface area contributed by atoms with E-state index in [1.165, 1.54) is 0 Å². The summed E-state index contributed by atoms with van der Waals surface area (Å²) in [5.74, 6) is 0.112. The van der Waals surface area contributed by atoms with Crippen molar-refractivity contribution in [1.82, 2.24) is 14.7 Å². The number of carbonyl (C=O) groups is 1. The molecule has 0 saturated carbocycles. The molecule has 6 nitrogen and oxygen atoms in total. The molecular weight excluding hydrogens is 374 g/mol. The first-order valence-electron chi connectivity index (χ1n) is 9.24. The summed E-state index contributed by atoms with van der Waals surface area (Å²) in [6.07, 6.45) is 2.89. The highest BCUT2D eigenvalue weighted by molar-refractivity contribution is 7.89. The molecule has 1 aliphatic rings. The maximum absolute atomic E-state index is 12.9. The zero-order valence-electron chi connectivity index (χ0n) is 16.2. The maximum atomic E-state index is 12.9. The molecule has 2 aromatic heterocycles. The molecule has 0 atom stereocenters. The molecule has 3 aromatic rings. The van der Waals surface area contributed by atoms with Crippen LogP contribution in [0.2, 0.25) is 0 Å². The summed E-state index contributed by atoms with van der Waals surface area (Å²) in [5, 5.41) is 0.802. The van der Waals surface area contributed by atoms with Crippen LogP contribution in [0.3, 0.4) is 0 Å². The average Bonchev–Trinajstić information content (AvgIpc) is 2.96. The van der Waals surface area contributed by atoms with Gasteiger partial charge in [0, 0.05) is 34.8 Å². The standard InChI is InChI=1S/C21H23N3O3S/c1-13-8-15-16(24-17-10-21(2,3)11-18(25)20(15)17)9-19(13)28(26,27)23-12-14-6-4-5-7-22-14/h4-9,23-24H,10-12H2,1-3H3. The Kier molecular flexibility index (Phi) is 4.39. The number of ketones is 1. The van der Waals surface area contributed by atoms with Crippen molar-refractivity contribution in [2.75, 3.05) is 0 Å². The minimum Gasteiger partial charge on any atom is -0.358 e. The number of aryl methyl sites for hydroxylation is 1. The molecule has 1 aliphatic carbocycles. The zero-order chi connectivity index (χ0) is 20.1. The van der Waals surface area contributed by atoms with Gasteiger partial charge in [-0.3, -0.25) is 9.78 Å². The van der Waals surface area contributed by atoms with Gasteiger partial charge in [-0.1, -0.05) is 19.9 Å². The Labute approximate surface area is 164 Å². The Balaban J connectivity index is 1.73. The predicted octanol–water partition coefficient (Wildman–Crippen LogP) is 3.50. The van der Waals surface area contributed by atoms with Crippen LogP contribution in [0.25, 0.3) is 10.9 Å². The third-order valence-corrected chi connectivity index (χ3v) is 6.75. The van der Waals surface area contributed by atoms with E-state index in [0.717, 1.165) is 17.5 Å². The molecule has 4 rings (SSSR count). The smallest absolute Gasteiger partial charge is 0.241 e. The van der Waals surface area contributed by atoms with Crippen molar-refractivity contribution in [3.63, 3.8) is 0 Å². The Hall–Kier alpha value is -2.51. The number of nitrogens with one attached hydrogen (secondary N) is 2. The van der Waals surface area contributed by atoms with Gasteiger partial charge in [0.25, 0.3) is 0 Å². The van der Waals surface area contributed by atoms with Gasteiger partial charge in [-0.2, -0.15) is 0 Å². The van der Waals surface area contributed by atoms with Crippen molar-refractivity contribution < 1.29 is 13.2 Å². The molecule has 0 saturated heterocycles. The summed E-state index contributed by atoms with van der Waals surface area (Å²) < 4.78 is 28.3. The van der Waals surface area contributed by atoms with Crippen molar-refractivity contribution >= 4 is 26.7 Å². The lowest BCUT2D eigenvalue weighted by Crippen LogP contribution is -2.26. The number of aromatic nitrogens is 2. The average molecular weight is 398 g/mol. The first-order valence-corrected chi connectivity index (χ1v) is 10.7. The molecule has 0 aliphatic heterocycles. The van der Waals surface area contributed by atoms with Gasteiger partial charge in [0.2, 0.25) is 10.0 Å². The molecule has 0 radical (unpaired) electrons. The summed E-state index contributed by atoms with van der Waals surface area (Å²) in [7, 11) is -3.71. The second-order valence-corrected chi connectivity index (χ2v) is 9.96. The van der Waals surface area contributed by atoms with Crippen LogP contribution in [0, 0.1) is 12.3 Å². The lowest BCUT2D eigenvalue weighted by atomic mass is 9.76. The number of sulfonamides is 1. The van der Waals surface area contributed by atoms with Gasteiger partial charge in [-0.05, 0) is 48.6 Å². The van der Waals surface area contributed by atoms with E-state index in [1.807, 2.05) is 6.07 Å². The number of aromatic amines is 1. The van der Waals surface area contributed by atoms with E-state index >= 15 is 0 Å². The largest absolute Gasteiger partial charge is 0.358 e. The van der Waals surface area contributed by atoms with Gasteiger partial charge in [-0.25, -0.2) is 13.1 Å². The molecule has 2 heterocycles. The zero-order valence-corrected chi connectivity index (χ0v) is 17.0. The molecule has 7 heteroatoms. The van der Waals surface area contributed by atoms with Crippen molar-refractivity contribution in [3.05, 3.63) is 59.0 Å². The fraction of sp³-hybridized carbons (Fsp3) is 0.333. The number of rotatable bonds is 4. The first kappa shape index (κ1) is 18.8. The Morgan fingerprint density at radius 1 is 1.21 bits per heavy atom. The minimum atomic E-state index is -3.71. The summed E-state index contributed by atoms with van der Waals surface area (Å²) in [4.78, 5) is 20.3. The Morgan fingerprint density at radius 2 is 2.00 bits per heavy atom. The van der Waals surface area contributed by atoms with Crippen LogP contribution in [-0.4, -0.2) is 24.2 Å². The fourth-order valence-corrected chi connectivity index (χ4v) is 5.19. The van der Waals surface area contributed by atoms with Crippen molar-refractivity contribution in [3.8, 4) is 0 Å². The molecular formula is C21H23N3O3S. The van der Waals surface area contributed by atoms with E-state index < -0.39 is 10.0 Å². The number of carbonyl (C=O) groups excluding carboxylic acids is 1. The second-order valence-electron chi connectivity index (χ2n) is 8.23.